The van der Waals surface area contributed by atoms with Gasteiger partial charge in [-0.15, -0.1) is 0 Å². The molecule has 0 aliphatic carbocycles. The van der Waals surface area contributed by atoms with Gasteiger partial charge in [0.1, 0.15) is 5.60 Å². The van der Waals surface area contributed by atoms with E-state index >= 15 is 0 Å². The Morgan fingerprint density at radius 2 is 1.36 bits per heavy atom. The fraction of sp³-hybridized carbons (Fsp3) is 0.400. The number of carbonyl (C=O) groups excluding carboxylic acids is 3. The summed E-state index contributed by atoms with van der Waals surface area (Å²) in [5.41, 5.74) is -0.236. The average molecular weight is 309 g/mol. The van der Waals surface area contributed by atoms with Crippen molar-refractivity contribution in [3.05, 3.63) is 29.3 Å². The Morgan fingerprint density at radius 1 is 0.909 bits per heavy atom. The van der Waals surface area contributed by atoms with E-state index in [4.69, 9.17) is 4.74 Å². The van der Waals surface area contributed by atoms with E-state index in [0.29, 0.717) is 0 Å². The molecule has 0 saturated heterocycles. The van der Waals surface area contributed by atoms with Crippen molar-refractivity contribution in [1.82, 2.24) is 0 Å². The number of hydrogen-bond acceptors (Lipinski definition) is 6. The van der Waals surface area contributed by atoms with Crippen LogP contribution in [0.1, 0.15) is 41.5 Å². The van der Waals surface area contributed by atoms with Crippen LogP contribution in [0.4, 0.5) is 10.5 Å². The second kappa shape index (κ2) is 6.93. The third-order valence-corrected chi connectivity index (χ3v) is 2.42. The van der Waals surface area contributed by atoms with Crippen LogP contribution in [0, 0.1) is 0 Å². The molecule has 7 heteroatoms. The third kappa shape index (κ3) is 5.08. The van der Waals surface area contributed by atoms with Crippen molar-refractivity contribution in [3.8, 4) is 0 Å². The van der Waals surface area contributed by atoms with Gasteiger partial charge in [-0.1, -0.05) is 0 Å². The number of rotatable bonds is 3. The molecule has 7 nitrogen and oxygen atoms in total. The second-order valence-electron chi connectivity index (χ2n) is 5.41. The fourth-order valence-electron chi connectivity index (χ4n) is 1.59. The molecule has 0 aliphatic heterocycles. The van der Waals surface area contributed by atoms with Gasteiger partial charge < -0.3 is 14.2 Å². The first kappa shape index (κ1) is 17.5. The number of ether oxygens (including phenoxy) is 3. The van der Waals surface area contributed by atoms with Crippen LogP contribution >= 0.6 is 0 Å². The molecule has 0 fully saturated rings. The predicted octanol–water partition coefficient (Wildman–Crippen LogP) is 2.61. The molecule has 22 heavy (non-hydrogen) atoms. The lowest BCUT2D eigenvalue weighted by atomic mass is 10.1. The Labute approximate surface area is 128 Å². The normalized spacial score (nSPS) is 10.6. The zero-order valence-corrected chi connectivity index (χ0v) is 13.2. The highest BCUT2D eigenvalue weighted by molar-refractivity contribution is 5.98. The van der Waals surface area contributed by atoms with Crippen molar-refractivity contribution >= 4 is 23.7 Å². The first-order valence-corrected chi connectivity index (χ1v) is 6.48. The van der Waals surface area contributed by atoms with E-state index in [0.717, 1.165) is 0 Å². The number of methoxy groups -OCH3 is 2. The number of nitrogens with one attached hydrogen (secondary N) is 1. The highest BCUT2D eigenvalue weighted by atomic mass is 16.6. The van der Waals surface area contributed by atoms with Crippen LogP contribution in [-0.2, 0) is 14.2 Å². The number of hydrogen-bond donors (Lipinski definition) is 1. The second-order valence-corrected chi connectivity index (χ2v) is 5.41. The van der Waals surface area contributed by atoms with E-state index in [9.17, 15) is 14.4 Å². The van der Waals surface area contributed by atoms with Crippen LogP contribution in [0.5, 0.6) is 0 Å². The van der Waals surface area contributed by atoms with Crippen LogP contribution in [-0.4, -0.2) is 37.9 Å². The molecule has 0 bridgehead atoms. The van der Waals surface area contributed by atoms with Crippen LogP contribution in [0.3, 0.4) is 0 Å². The molecular weight excluding hydrogens is 290 g/mol. The minimum absolute atomic E-state index is 0.108. The van der Waals surface area contributed by atoms with E-state index < -0.39 is 23.6 Å². The van der Waals surface area contributed by atoms with E-state index in [1.165, 1.54) is 32.4 Å². The SMILES string of the molecule is COC(=O)c1cc(NC(=O)OC(C)(C)C)cc(C(=O)OC)c1. The van der Waals surface area contributed by atoms with Crippen LogP contribution in [0.2, 0.25) is 0 Å². The van der Waals surface area contributed by atoms with Gasteiger partial charge in [0.15, 0.2) is 0 Å². The first-order valence-electron chi connectivity index (χ1n) is 6.48. The number of esters is 2. The van der Waals surface area contributed by atoms with Gasteiger partial charge in [0.05, 0.1) is 25.3 Å². The summed E-state index contributed by atoms with van der Waals surface area (Å²) in [5, 5.41) is 2.46. The summed E-state index contributed by atoms with van der Waals surface area (Å²) in [6.07, 6.45) is -0.703. The number of benzene rings is 1. The topological polar surface area (TPSA) is 90.9 Å². The van der Waals surface area contributed by atoms with Crippen LogP contribution < -0.4 is 5.32 Å². The smallest absolute Gasteiger partial charge is 0.412 e. The molecule has 1 amide bonds. The maximum absolute atomic E-state index is 11.8. The summed E-state index contributed by atoms with van der Waals surface area (Å²) in [4.78, 5) is 35.0. The van der Waals surface area contributed by atoms with Crippen molar-refractivity contribution in [3.63, 3.8) is 0 Å². The lowest BCUT2D eigenvalue weighted by Crippen LogP contribution is -2.27. The van der Waals surface area contributed by atoms with Crippen molar-refractivity contribution in [2.45, 2.75) is 26.4 Å². The Morgan fingerprint density at radius 3 is 1.73 bits per heavy atom. The molecule has 0 saturated carbocycles. The van der Waals surface area contributed by atoms with Gasteiger partial charge in [0, 0.05) is 5.69 Å². The van der Waals surface area contributed by atoms with Gasteiger partial charge in [-0.05, 0) is 39.0 Å². The molecule has 1 aromatic rings. The van der Waals surface area contributed by atoms with Crippen molar-refractivity contribution < 1.29 is 28.6 Å². The molecule has 0 aromatic heterocycles. The van der Waals surface area contributed by atoms with Gasteiger partial charge in [0.25, 0.3) is 0 Å². The Hall–Kier alpha value is -2.57. The molecular formula is C15H19NO6. The minimum atomic E-state index is -0.703. The number of anilines is 1. The Bertz CT molecular complexity index is 554. The highest BCUT2D eigenvalue weighted by Gasteiger charge is 2.18. The zero-order valence-electron chi connectivity index (χ0n) is 13.2. The summed E-state index contributed by atoms with van der Waals surface area (Å²) >= 11 is 0. The molecule has 1 aromatic carbocycles. The molecule has 1 rings (SSSR count). The van der Waals surface area contributed by atoms with Crippen molar-refractivity contribution in [2.75, 3.05) is 19.5 Å². The molecule has 0 spiro atoms. The summed E-state index contributed by atoms with van der Waals surface area (Å²) in [6.45, 7) is 5.16. The fourth-order valence-corrected chi connectivity index (χ4v) is 1.59. The molecule has 1 N–H and O–H groups in total. The lowest BCUT2D eigenvalue weighted by Gasteiger charge is -2.20. The van der Waals surface area contributed by atoms with Crippen LogP contribution in [0.15, 0.2) is 18.2 Å². The molecule has 120 valence electrons. The summed E-state index contributed by atoms with van der Waals surface area (Å²) in [7, 11) is 2.43. The third-order valence-electron chi connectivity index (χ3n) is 2.42. The quantitative estimate of drug-likeness (QED) is 0.681. The summed E-state index contributed by atoms with van der Waals surface area (Å²) in [5.74, 6) is -1.28. The molecule has 0 atom stereocenters. The average Bonchev–Trinajstić information content (AvgIpc) is 2.42. The van der Waals surface area contributed by atoms with Gasteiger partial charge in [-0.2, -0.15) is 0 Å². The standard InChI is InChI=1S/C15H19NO6/c1-15(2,3)22-14(19)16-11-7-9(12(17)20-4)6-10(8-11)13(18)21-5/h6-8H,1-5H3,(H,16,19). The maximum Gasteiger partial charge on any atom is 0.412 e. The molecule has 0 unspecified atom stereocenters. The van der Waals surface area contributed by atoms with Crippen LogP contribution in [0.25, 0.3) is 0 Å². The van der Waals surface area contributed by atoms with Gasteiger partial charge >= 0.3 is 18.0 Å². The minimum Gasteiger partial charge on any atom is -0.465 e. The van der Waals surface area contributed by atoms with E-state index in [1.54, 1.807) is 20.8 Å². The zero-order chi connectivity index (χ0) is 16.9. The molecule has 0 aliphatic rings. The number of amides is 1. The van der Waals surface area contributed by atoms with Gasteiger partial charge in [-0.3, -0.25) is 5.32 Å². The summed E-state index contributed by atoms with van der Waals surface area (Å²) < 4.78 is 14.3. The number of carbonyl (C=O) groups is 3. The van der Waals surface area contributed by atoms with Crippen molar-refractivity contribution in [1.29, 1.82) is 0 Å². The maximum atomic E-state index is 11.8. The molecule has 0 heterocycles. The van der Waals surface area contributed by atoms with E-state index in [-0.39, 0.29) is 16.8 Å². The predicted molar refractivity (Wildman–Crippen MR) is 79.0 cm³/mol. The Balaban J connectivity index is 3.10. The van der Waals surface area contributed by atoms with E-state index in [2.05, 4.69) is 14.8 Å². The largest absolute Gasteiger partial charge is 0.465 e. The van der Waals surface area contributed by atoms with E-state index in [1.807, 2.05) is 0 Å². The first-order chi connectivity index (χ1) is 10.2. The highest BCUT2D eigenvalue weighted by Crippen LogP contribution is 2.18. The monoisotopic (exact) mass is 309 g/mol. The lowest BCUT2D eigenvalue weighted by molar-refractivity contribution is 0.0591. The Kier molecular flexibility index (Phi) is 5.50. The van der Waals surface area contributed by atoms with Gasteiger partial charge in [-0.25, -0.2) is 14.4 Å². The molecule has 0 radical (unpaired) electrons. The van der Waals surface area contributed by atoms with Crippen molar-refractivity contribution in [2.24, 2.45) is 0 Å². The summed E-state index contributed by atoms with van der Waals surface area (Å²) in [6, 6.07) is 4.07. The van der Waals surface area contributed by atoms with Gasteiger partial charge in [0.2, 0.25) is 0 Å².